The molecule has 1 heterocycles. The predicted octanol–water partition coefficient (Wildman–Crippen LogP) is 2.68. The number of benzene rings is 1. The summed E-state index contributed by atoms with van der Waals surface area (Å²) < 4.78 is 0. The van der Waals surface area contributed by atoms with Crippen LogP contribution >= 0.6 is 0 Å². The standard InChI is InChI=1S/C16H18N2O5/c1-3-4-8-17-14(13(10(2)19)15(20)16(17)21)11-6-5-7-12(9-11)18(22)23/h5-7,9,14,20H,3-4,8H2,1-2H3. The summed E-state index contributed by atoms with van der Waals surface area (Å²) in [4.78, 5) is 36.0. The van der Waals surface area contributed by atoms with Crippen LogP contribution in [0.3, 0.4) is 0 Å². The van der Waals surface area contributed by atoms with Crippen LogP contribution in [0.15, 0.2) is 35.6 Å². The number of Topliss-reactive ketones (excluding diaryl/α,β-unsaturated/α-hetero) is 1. The maximum Gasteiger partial charge on any atom is 0.290 e. The van der Waals surface area contributed by atoms with Gasteiger partial charge >= 0.3 is 0 Å². The Morgan fingerprint density at radius 1 is 1.43 bits per heavy atom. The second kappa shape index (κ2) is 6.60. The first-order chi connectivity index (χ1) is 10.9. The van der Waals surface area contributed by atoms with Crippen LogP contribution in [0.25, 0.3) is 0 Å². The summed E-state index contributed by atoms with van der Waals surface area (Å²) in [6, 6.07) is 5.01. The molecule has 7 nitrogen and oxygen atoms in total. The van der Waals surface area contributed by atoms with Gasteiger partial charge in [0.1, 0.15) is 0 Å². The summed E-state index contributed by atoms with van der Waals surface area (Å²) in [5.41, 5.74) is 0.309. The SMILES string of the molecule is CCCCN1C(=O)C(O)=C(C(C)=O)C1c1cccc([N+](=O)[O-])c1. The largest absolute Gasteiger partial charge is 0.503 e. The quantitative estimate of drug-likeness (QED) is 0.642. The molecule has 7 heteroatoms. The van der Waals surface area contributed by atoms with Gasteiger partial charge in [0.2, 0.25) is 0 Å². The number of aliphatic hydroxyl groups is 1. The molecule has 2 rings (SSSR count). The third-order valence-corrected chi connectivity index (χ3v) is 3.83. The number of unbranched alkanes of at least 4 members (excludes halogenated alkanes) is 1. The number of amides is 1. The molecule has 1 aliphatic rings. The average Bonchev–Trinajstić information content (AvgIpc) is 2.77. The van der Waals surface area contributed by atoms with Crippen molar-refractivity contribution >= 4 is 17.4 Å². The van der Waals surface area contributed by atoms with Crippen molar-refractivity contribution in [3.8, 4) is 0 Å². The van der Waals surface area contributed by atoms with Crippen molar-refractivity contribution in [2.75, 3.05) is 6.54 Å². The lowest BCUT2D eigenvalue weighted by molar-refractivity contribution is -0.384. The van der Waals surface area contributed by atoms with Crippen LogP contribution in [0.1, 0.15) is 38.3 Å². The van der Waals surface area contributed by atoms with Gasteiger partial charge in [-0.05, 0) is 18.9 Å². The third kappa shape index (κ3) is 3.08. The van der Waals surface area contributed by atoms with Crippen molar-refractivity contribution in [2.45, 2.75) is 32.7 Å². The molecular formula is C16H18N2O5. The number of hydrogen-bond acceptors (Lipinski definition) is 5. The minimum absolute atomic E-state index is 0.00778. The maximum atomic E-state index is 12.3. The molecule has 0 radical (unpaired) electrons. The molecule has 1 unspecified atom stereocenters. The smallest absolute Gasteiger partial charge is 0.290 e. The number of nitro groups is 1. The van der Waals surface area contributed by atoms with E-state index >= 15 is 0 Å². The molecule has 23 heavy (non-hydrogen) atoms. The lowest BCUT2D eigenvalue weighted by Gasteiger charge is -2.26. The van der Waals surface area contributed by atoms with Crippen molar-refractivity contribution in [1.29, 1.82) is 0 Å². The first-order valence-electron chi connectivity index (χ1n) is 7.37. The van der Waals surface area contributed by atoms with Gasteiger partial charge in [-0.3, -0.25) is 19.7 Å². The number of aliphatic hydroxyl groups excluding tert-OH is 1. The Morgan fingerprint density at radius 2 is 2.13 bits per heavy atom. The molecule has 1 atom stereocenters. The second-order valence-electron chi connectivity index (χ2n) is 5.43. The van der Waals surface area contributed by atoms with E-state index in [1.807, 2.05) is 6.92 Å². The van der Waals surface area contributed by atoms with E-state index in [0.717, 1.165) is 6.42 Å². The van der Waals surface area contributed by atoms with Crippen molar-refractivity contribution in [1.82, 2.24) is 4.90 Å². The summed E-state index contributed by atoms with van der Waals surface area (Å²) in [6.07, 6.45) is 1.54. The van der Waals surface area contributed by atoms with E-state index in [0.29, 0.717) is 18.5 Å². The van der Waals surface area contributed by atoms with Crippen LogP contribution < -0.4 is 0 Å². The van der Waals surface area contributed by atoms with Gasteiger partial charge < -0.3 is 10.0 Å². The zero-order valence-electron chi connectivity index (χ0n) is 13.0. The molecule has 0 fully saturated rings. The molecule has 0 aromatic heterocycles. The van der Waals surface area contributed by atoms with Gasteiger partial charge in [-0.15, -0.1) is 0 Å². The number of ketones is 1. The highest BCUT2D eigenvalue weighted by molar-refractivity contribution is 6.08. The van der Waals surface area contributed by atoms with Gasteiger partial charge in [0, 0.05) is 18.7 Å². The molecule has 1 N–H and O–H groups in total. The minimum atomic E-state index is -0.786. The normalized spacial score (nSPS) is 17.7. The highest BCUT2D eigenvalue weighted by Crippen LogP contribution is 2.38. The van der Waals surface area contributed by atoms with Crippen LogP contribution in [-0.4, -0.2) is 33.2 Å². The Morgan fingerprint density at radius 3 is 2.70 bits per heavy atom. The zero-order chi connectivity index (χ0) is 17.1. The van der Waals surface area contributed by atoms with E-state index in [1.54, 1.807) is 6.07 Å². The van der Waals surface area contributed by atoms with Gasteiger partial charge in [-0.1, -0.05) is 25.5 Å². The van der Waals surface area contributed by atoms with E-state index in [9.17, 15) is 24.8 Å². The van der Waals surface area contributed by atoms with Crippen molar-refractivity contribution in [2.24, 2.45) is 0 Å². The van der Waals surface area contributed by atoms with Crippen LogP contribution in [0.2, 0.25) is 0 Å². The lowest BCUT2D eigenvalue weighted by Crippen LogP contribution is -2.31. The van der Waals surface area contributed by atoms with Crippen LogP contribution in [0, 0.1) is 10.1 Å². The van der Waals surface area contributed by atoms with Crippen molar-refractivity contribution < 1.29 is 19.6 Å². The summed E-state index contributed by atoms with van der Waals surface area (Å²) in [5.74, 6) is -1.60. The number of nitro benzene ring substituents is 1. The van der Waals surface area contributed by atoms with E-state index < -0.39 is 28.4 Å². The second-order valence-corrected chi connectivity index (χ2v) is 5.43. The molecule has 1 aliphatic heterocycles. The Balaban J connectivity index is 2.52. The summed E-state index contributed by atoms with van der Waals surface area (Å²) in [6.45, 7) is 3.60. The van der Waals surface area contributed by atoms with Crippen LogP contribution in [0.4, 0.5) is 5.69 Å². The number of hydrogen-bond donors (Lipinski definition) is 1. The third-order valence-electron chi connectivity index (χ3n) is 3.83. The number of carbonyl (C=O) groups is 2. The number of non-ortho nitro benzene ring substituents is 1. The Labute approximate surface area is 133 Å². The first-order valence-corrected chi connectivity index (χ1v) is 7.37. The fraction of sp³-hybridized carbons (Fsp3) is 0.375. The highest BCUT2D eigenvalue weighted by atomic mass is 16.6. The van der Waals surface area contributed by atoms with E-state index in [1.165, 1.54) is 30.0 Å². The molecule has 1 aromatic rings. The minimum Gasteiger partial charge on any atom is -0.503 e. The van der Waals surface area contributed by atoms with E-state index in [2.05, 4.69) is 0 Å². The predicted molar refractivity (Wildman–Crippen MR) is 82.8 cm³/mol. The monoisotopic (exact) mass is 318 g/mol. The number of rotatable bonds is 6. The zero-order valence-corrected chi connectivity index (χ0v) is 13.0. The van der Waals surface area contributed by atoms with Gasteiger partial charge in [0.05, 0.1) is 16.5 Å². The highest BCUT2D eigenvalue weighted by Gasteiger charge is 2.42. The van der Waals surface area contributed by atoms with Crippen LogP contribution in [-0.2, 0) is 9.59 Å². The topological polar surface area (TPSA) is 101 Å². The fourth-order valence-corrected chi connectivity index (χ4v) is 2.73. The number of carbonyl (C=O) groups excluding carboxylic acids is 2. The molecule has 0 aliphatic carbocycles. The average molecular weight is 318 g/mol. The van der Waals surface area contributed by atoms with Crippen molar-refractivity contribution in [3.63, 3.8) is 0 Å². The first kappa shape index (κ1) is 16.7. The lowest BCUT2D eigenvalue weighted by atomic mass is 9.96. The van der Waals surface area contributed by atoms with Gasteiger partial charge in [-0.25, -0.2) is 0 Å². The van der Waals surface area contributed by atoms with E-state index in [4.69, 9.17) is 0 Å². The Hall–Kier alpha value is -2.70. The van der Waals surface area contributed by atoms with Gasteiger partial charge in [0.25, 0.3) is 11.6 Å². The Bertz CT molecular complexity index is 695. The van der Waals surface area contributed by atoms with Crippen molar-refractivity contribution in [3.05, 3.63) is 51.3 Å². The molecule has 0 saturated carbocycles. The summed E-state index contributed by atoms with van der Waals surface area (Å²) in [5, 5.41) is 21.0. The Kier molecular flexibility index (Phi) is 4.78. The summed E-state index contributed by atoms with van der Waals surface area (Å²) >= 11 is 0. The molecule has 0 bridgehead atoms. The van der Waals surface area contributed by atoms with Crippen LogP contribution in [0.5, 0.6) is 0 Å². The molecule has 0 spiro atoms. The van der Waals surface area contributed by atoms with Gasteiger partial charge in [-0.2, -0.15) is 0 Å². The number of nitrogens with zero attached hydrogens (tertiary/aromatic N) is 2. The molecule has 1 amide bonds. The maximum absolute atomic E-state index is 12.3. The molecular weight excluding hydrogens is 300 g/mol. The summed E-state index contributed by atoms with van der Waals surface area (Å²) in [7, 11) is 0. The van der Waals surface area contributed by atoms with E-state index in [-0.39, 0.29) is 11.3 Å². The van der Waals surface area contributed by atoms with Gasteiger partial charge in [0.15, 0.2) is 11.5 Å². The molecule has 0 saturated heterocycles. The fourth-order valence-electron chi connectivity index (χ4n) is 2.73. The molecule has 1 aromatic carbocycles. The molecule has 122 valence electrons.